The van der Waals surface area contributed by atoms with Crippen molar-refractivity contribution in [2.45, 2.75) is 47.1 Å². The minimum absolute atomic E-state index is 0.250. The Morgan fingerprint density at radius 1 is 1.47 bits per heavy atom. The van der Waals surface area contributed by atoms with Gasteiger partial charge in [0.2, 0.25) is 0 Å². The molecule has 15 heavy (non-hydrogen) atoms. The molecule has 0 amide bonds. The maximum Gasteiger partial charge on any atom is 0.0572 e. The lowest BCUT2D eigenvalue weighted by Crippen LogP contribution is -2.19. The number of aliphatic hydroxyl groups is 1. The Morgan fingerprint density at radius 3 is 2.47 bits per heavy atom. The van der Waals surface area contributed by atoms with Gasteiger partial charge < -0.3 is 5.11 Å². The fourth-order valence-electron chi connectivity index (χ4n) is 1.94. The second-order valence-electron chi connectivity index (χ2n) is 5.44. The lowest BCUT2D eigenvalue weighted by Gasteiger charge is -2.27. The fraction of sp³-hybridized carbons (Fsp3) is 0.714. The molecule has 0 fully saturated rings. The van der Waals surface area contributed by atoms with Gasteiger partial charge in [0, 0.05) is 0 Å². The summed E-state index contributed by atoms with van der Waals surface area (Å²) < 4.78 is 0. The van der Waals surface area contributed by atoms with E-state index in [9.17, 15) is 5.11 Å². The molecule has 1 nitrogen and oxygen atoms in total. The third kappa shape index (κ3) is 2.72. The Hall–Kier alpha value is -0.560. The van der Waals surface area contributed by atoms with Gasteiger partial charge >= 0.3 is 0 Å². The highest BCUT2D eigenvalue weighted by molar-refractivity contribution is 5.22. The van der Waals surface area contributed by atoms with Gasteiger partial charge in [-0.25, -0.2) is 0 Å². The summed E-state index contributed by atoms with van der Waals surface area (Å²) in [6.45, 7) is 10.7. The zero-order valence-electron chi connectivity index (χ0n) is 10.6. The van der Waals surface area contributed by atoms with Crippen LogP contribution in [0.4, 0.5) is 0 Å². The molecule has 0 bridgehead atoms. The molecule has 0 radical (unpaired) electrons. The summed E-state index contributed by atoms with van der Waals surface area (Å²) in [5, 5.41) is 9.41. The van der Waals surface area contributed by atoms with Crippen molar-refractivity contribution in [3.63, 3.8) is 0 Å². The van der Waals surface area contributed by atoms with Crippen molar-refractivity contribution in [1.29, 1.82) is 0 Å². The molecule has 1 heteroatoms. The second-order valence-corrected chi connectivity index (χ2v) is 5.44. The predicted molar refractivity (Wildman–Crippen MR) is 65.6 cm³/mol. The van der Waals surface area contributed by atoms with E-state index >= 15 is 0 Å². The van der Waals surface area contributed by atoms with E-state index in [1.165, 1.54) is 5.57 Å². The van der Waals surface area contributed by atoms with Crippen molar-refractivity contribution in [3.8, 4) is 0 Å². The van der Waals surface area contributed by atoms with Crippen LogP contribution in [0.25, 0.3) is 0 Å². The number of hydrogen-bond donors (Lipinski definition) is 1. The Bertz CT molecular complexity index is 271. The summed E-state index contributed by atoms with van der Waals surface area (Å²) in [4.78, 5) is 0. The fourth-order valence-corrected chi connectivity index (χ4v) is 1.94. The first-order valence-electron chi connectivity index (χ1n) is 5.89. The number of rotatable bonds is 3. The SMILES string of the molecule is CC1=CCC(/C=C/C(C)C(C)O)C1(C)C. The summed E-state index contributed by atoms with van der Waals surface area (Å²) in [5.41, 5.74) is 1.77. The van der Waals surface area contributed by atoms with Gasteiger partial charge in [0.1, 0.15) is 0 Å². The maximum atomic E-state index is 9.41. The second kappa shape index (κ2) is 4.52. The van der Waals surface area contributed by atoms with E-state index in [0.717, 1.165) is 6.42 Å². The molecule has 1 aliphatic carbocycles. The molecular weight excluding hydrogens is 184 g/mol. The van der Waals surface area contributed by atoms with Crippen molar-refractivity contribution in [2.24, 2.45) is 17.3 Å². The Morgan fingerprint density at radius 2 is 2.07 bits per heavy atom. The molecule has 0 spiro atoms. The van der Waals surface area contributed by atoms with E-state index in [1.54, 1.807) is 0 Å². The normalized spacial score (nSPS) is 29.2. The number of hydrogen-bond acceptors (Lipinski definition) is 1. The van der Waals surface area contributed by atoms with Crippen LogP contribution >= 0.6 is 0 Å². The molecular formula is C14H24O. The van der Waals surface area contributed by atoms with Crippen molar-refractivity contribution in [3.05, 3.63) is 23.8 Å². The molecule has 0 aromatic rings. The molecule has 86 valence electrons. The largest absolute Gasteiger partial charge is 0.393 e. The average Bonchev–Trinajstić information content (AvgIpc) is 2.39. The Labute approximate surface area is 93.9 Å². The van der Waals surface area contributed by atoms with Crippen LogP contribution in [-0.4, -0.2) is 11.2 Å². The van der Waals surface area contributed by atoms with Crippen LogP contribution in [0, 0.1) is 17.3 Å². The molecule has 3 atom stereocenters. The van der Waals surface area contributed by atoms with Crippen LogP contribution in [0.15, 0.2) is 23.8 Å². The van der Waals surface area contributed by atoms with Gasteiger partial charge in [-0.1, -0.05) is 44.6 Å². The highest BCUT2D eigenvalue weighted by atomic mass is 16.3. The van der Waals surface area contributed by atoms with Gasteiger partial charge in [-0.2, -0.15) is 0 Å². The highest BCUT2D eigenvalue weighted by Crippen LogP contribution is 2.43. The summed E-state index contributed by atoms with van der Waals surface area (Å²) >= 11 is 0. The van der Waals surface area contributed by atoms with E-state index in [1.807, 2.05) is 6.92 Å². The van der Waals surface area contributed by atoms with Gasteiger partial charge in [-0.05, 0) is 37.5 Å². The van der Waals surface area contributed by atoms with E-state index in [2.05, 4.69) is 45.9 Å². The molecule has 0 heterocycles. The monoisotopic (exact) mass is 208 g/mol. The van der Waals surface area contributed by atoms with Gasteiger partial charge in [0.25, 0.3) is 0 Å². The van der Waals surface area contributed by atoms with Crippen LogP contribution in [-0.2, 0) is 0 Å². The summed E-state index contributed by atoms with van der Waals surface area (Å²) in [7, 11) is 0. The lowest BCUT2D eigenvalue weighted by atomic mass is 9.77. The van der Waals surface area contributed by atoms with Crippen molar-refractivity contribution >= 4 is 0 Å². The molecule has 0 aliphatic heterocycles. The first-order chi connectivity index (χ1) is 6.85. The molecule has 0 saturated carbocycles. The Kier molecular flexibility index (Phi) is 3.77. The van der Waals surface area contributed by atoms with Gasteiger partial charge in [0.15, 0.2) is 0 Å². The van der Waals surface area contributed by atoms with E-state index in [4.69, 9.17) is 0 Å². The standard InChI is InChI=1S/C14H24O/c1-10(12(3)15)6-8-13-9-7-11(2)14(13,4)5/h6-8,10,12-13,15H,9H2,1-5H3/b8-6+. The smallest absolute Gasteiger partial charge is 0.0572 e. The Balaban J connectivity index is 2.62. The maximum absolute atomic E-state index is 9.41. The first kappa shape index (κ1) is 12.5. The highest BCUT2D eigenvalue weighted by Gasteiger charge is 2.32. The number of aliphatic hydroxyl groups excluding tert-OH is 1. The average molecular weight is 208 g/mol. The van der Waals surface area contributed by atoms with Crippen molar-refractivity contribution in [1.82, 2.24) is 0 Å². The molecule has 0 saturated heterocycles. The molecule has 3 unspecified atom stereocenters. The molecule has 1 rings (SSSR count). The summed E-state index contributed by atoms with van der Waals surface area (Å²) in [6.07, 6.45) is 7.66. The van der Waals surface area contributed by atoms with Crippen molar-refractivity contribution in [2.75, 3.05) is 0 Å². The van der Waals surface area contributed by atoms with Crippen LogP contribution in [0.1, 0.15) is 41.0 Å². The van der Waals surface area contributed by atoms with E-state index in [0.29, 0.717) is 5.92 Å². The summed E-state index contributed by atoms with van der Waals surface area (Å²) in [5.74, 6) is 0.848. The van der Waals surface area contributed by atoms with Crippen LogP contribution < -0.4 is 0 Å². The topological polar surface area (TPSA) is 20.2 Å². The molecule has 0 aromatic carbocycles. The predicted octanol–water partition coefficient (Wildman–Crippen LogP) is 3.55. The van der Waals surface area contributed by atoms with Crippen molar-refractivity contribution < 1.29 is 5.11 Å². The zero-order chi connectivity index (χ0) is 11.6. The minimum Gasteiger partial charge on any atom is -0.393 e. The summed E-state index contributed by atoms with van der Waals surface area (Å²) in [6, 6.07) is 0. The van der Waals surface area contributed by atoms with Crippen LogP contribution in [0.3, 0.4) is 0 Å². The third-order valence-electron chi connectivity index (χ3n) is 4.03. The first-order valence-corrected chi connectivity index (χ1v) is 5.89. The molecule has 1 N–H and O–H groups in total. The van der Waals surface area contributed by atoms with Crippen LogP contribution in [0.2, 0.25) is 0 Å². The van der Waals surface area contributed by atoms with Gasteiger partial charge in [-0.15, -0.1) is 0 Å². The minimum atomic E-state index is -0.250. The third-order valence-corrected chi connectivity index (χ3v) is 4.03. The van der Waals surface area contributed by atoms with E-state index in [-0.39, 0.29) is 17.4 Å². The van der Waals surface area contributed by atoms with E-state index < -0.39 is 0 Å². The van der Waals surface area contributed by atoms with Gasteiger partial charge in [-0.3, -0.25) is 0 Å². The molecule has 0 aromatic heterocycles. The zero-order valence-corrected chi connectivity index (χ0v) is 10.6. The number of allylic oxidation sites excluding steroid dienone is 3. The van der Waals surface area contributed by atoms with Gasteiger partial charge in [0.05, 0.1) is 6.10 Å². The quantitative estimate of drug-likeness (QED) is 0.703. The van der Waals surface area contributed by atoms with Crippen LogP contribution in [0.5, 0.6) is 0 Å². The lowest BCUT2D eigenvalue weighted by molar-refractivity contribution is 0.156. The molecule has 1 aliphatic rings.